The number of carbonyl (C=O) groups is 9. The Balaban J connectivity index is 0.000000261. The van der Waals surface area contributed by atoms with Crippen LogP contribution < -0.4 is 72.2 Å². The number of guanidine groups is 1. The molecule has 0 bridgehead atoms. The molecule has 0 radical (unpaired) electrons. The van der Waals surface area contributed by atoms with Crippen LogP contribution in [0.5, 0.6) is 0 Å². The molecular weight excluding hydrogens is 1940 g/mol. The molecule has 34 nitrogen and oxygen atoms in total. The van der Waals surface area contributed by atoms with Crippen molar-refractivity contribution in [2.45, 2.75) is 152 Å². The van der Waals surface area contributed by atoms with Gasteiger partial charge in [-0.1, -0.05) is 243 Å². The number of unbranched alkanes of at least 4 members (excludes halogenated alkanes) is 4. The number of halogens is 3. The van der Waals surface area contributed by atoms with E-state index in [2.05, 4.69) is 36.2 Å². The molecule has 4 aromatic heterocycles. The largest absolute Gasteiger partial charge is 0.480 e. The second-order valence-corrected chi connectivity index (χ2v) is 34.8. The van der Waals surface area contributed by atoms with Gasteiger partial charge < -0.3 is 87.9 Å². The number of ether oxygens (including phenoxy) is 2. The first-order valence-electron chi connectivity index (χ1n) is 48.1. The van der Waals surface area contributed by atoms with Crippen molar-refractivity contribution >= 4 is 88.2 Å². The number of pyridine rings is 4. The third-order valence-electron chi connectivity index (χ3n) is 22.8. The van der Waals surface area contributed by atoms with Crippen molar-refractivity contribution in [1.82, 2.24) is 39.5 Å². The highest BCUT2D eigenvalue weighted by atomic mass is 32.2. The van der Waals surface area contributed by atoms with Gasteiger partial charge in [0.1, 0.15) is 46.4 Å². The smallest absolute Gasteiger partial charge is 0.446 e. The lowest BCUT2D eigenvalue weighted by Gasteiger charge is -2.22. The predicted molar refractivity (Wildman–Crippen MR) is 576 cm³/mol. The van der Waals surface area contributed by atoms with Crippen LogP contribution in [0.3, 0.4) is 0 Å². The van der Waals surface area contributed by atoms with E-state index in [4.69, 9.17) is 48.3 Å². The van der Waals surface area contributed by atoms with E-state index in [0.717, 1.165) is 50.9 Å². The van der Waals surface area contributed by atoms with Crippen molar-refractivity contribution in [3.63, 3.8) is 0 Å². The van der Waals surface area contributed by atoms with E-state index in [1.54, 1.807) is 79.0 Å². The number of nitrogens with one attached hydrogen (secondary N) is 5. The van der Waals surface area contributed by atoms with E-state index in [1.165, 1.54) is 59.4 Å². The fourth-order valence-electron chi connectivity index (χ4n) is 15.5. The number of amides is 4. The number of carboxylic acid groups (broad SMARTS) is 2. The SMILES string of the molecule is CC(N)=NCCCC[C@H](NC(=O)c1cccn(C(c2ccccc2)c2ccccc2)c1=O)C(=O)O.COC(=O)[C@H](CCCCN)NC(=O)c1cccn(C(c2ccccc2)c2ccccc2)c1=O.COC(=O)[C@H](CCCCN=C(C)N)NC(=O)c1cccn(C(c2ccccc2)c2ccccc2)c1=O.CSC(C)=N.NC(N)=NCCCC[C@H](NC(=O)c1cccn(C(c2ccccc2)c2ccccc2)c1=O)C(=O)O.O=CC(F)(F)F. The van der Waals surface area contributed by atoms with Crippen LogP contribution in [0.4, 0.5) is 13.2 Å². The number of aldehydes is 1. The number of aromatic nitrogens is 4. The number of aliphatic imine (C=N–C) groups is 3. The number of methoxy groups -OCH3 is 2. The average molecular weight is 2070 g/mol. The Hall–Kier alpha value is -17.0. The summed E-state index contributed by atoms with van der Waals surface area (Å²) in [6.07, 6.45) is 8.85. The highest BCUT2D eigenvalue weighted by Crippen LogP contribution is 2.31. The molecule has 0 aliphatic carbocycles. The molecule has 790 valence electrons. The minimum absolute atomic E-state index is 0.0299. The lowest BCUT2D eigenvalue weighted by molar-refractivity contribution is -0.156. The molecule has 4 heterocycles. The zero-order valence-corrected chi connectivity index (χ0v) is 84.9. The molecule has 4 atom stereocenters. The topological polar surface area (TPSA) is 540 Å². The standard InChI is InChI=1S/C28H32N4O4.C27H30N4O4.C26H29N5O4.C26H29N3O4.C3H7NS.C2HF3O/c1-20(29)30-18-10-9-17-24(28(35)36-2)31-26(33)23-16-11-19-32(27(23)34)25(21-12-5-3-6-13-21)22-14-7-4-8-15-22;1-19(28)29-17-9-8-16-23(27(34)35)30-25(32)22-15-10-18-31(26(22)33)24(20-11-4-2-5-12-20)21-13-6-3-7-14-21;27-26(28)29-16-8-7-15-21(25(34)35)30-23(32)20-14-9-17-31(24(20)33)22(18-10-3-1-4-11-18)19-12-5-2-6-13-19;1-33-26(32)22(16-8-9-17-27)28-24(30)21-15-10-18-29(25(21)31)23(19-11-4-2-5-12-19)20-13-6-3-7-14-20;1-3(4)5-2;3-2(4,5)1-6/h3-8,11-16,19,24-25H,9-10,17-18H2,1-2H3,(H2,29,30)(H,31,33);2-7,10-15,18,23-24H,8-9,16-17H2,1H3,(H2,28,29)(H,30,32)(H,34,35);1-6,9-14,17,21-22H,7-8,15-16H2,(H,30,32)(H,34,35)(H4,27,28,29);2-7,10-15,18,22-23H,8-9,16-17,27H2,1H3,(H,28,30);4H,1-2H3;1H/t24-;23-;21-;22-;;/m0000../s1. The first-order chi connectivity index (χ1) is 72.1. The van der Waals surface area contributed by atoms with Crippen LogP contribution in [-0.4, -0.2) is 182 Å². The van der Waals surface area contributed by atoms with Crippen molar-refractivity contribution in [2.24, 2.45) is 43.6 Å². The molecule has 0 fully saturated rings. The molecule has 8 aromatic carbocycles. The van der Waals surface area contributed by atoms with Gasteiger partial charge in [-0.05, 0) is 204 Å². The lowest BCUT2D eigenvalue weighted by atomic mass is 9.98. The highest BCUT2D eigenvalue weighted by Gasteiger charge is 2.32. The summed E-state index contributed by atoms with van der Waals surface area (Å²) in [4.78, 5) is 175. The number of hydrogen-bond donors (Lipinski definition) is 12. The van der Waals surface area contributed by atoms with Gasteiger partial charge in [-0.25, -0.2) is 19.2 Å². The number of rotatable bonds is 43. The fraction of sp³-hybridized carbons (Fsp3) is 0.277. The van der Waals surface area contributed by atoms with E-state index in [-0.39, 0.29) is 41.1 Å². The number of benzene rings is 8. The number of nitrogens with zero attached hydrogens (tertiary/aromatic N) is 7. The maximum absolute atomic E-state index is 13.5. The summed E-state index contributed by atoms with van der Waals surface area (Å²) in [5.41, 5.74) is 32.1. The molecular formula is C112H128F3N17O17S. The zero-order chi connectivity index (χ0) is 109. The van der Waals surface area contributed by atoms with Crippen molar-refractivity contribution in [1.29, 1.82) is 5.41 Å². The number of thioether (sulfide) groups is 1. The molecule has 4 amide bonds. The summed E-state index contributed by atoms with van der Waals surface area (Å²) in [5, 5.41) is 36.8. The van der Waals surface area contributed by atoms with Crippen LogP contribution in [0.25, 0.3) is 0 Å². The van der Waals surface area contributed by atoms with Gasteiger partial charge in [0, 0.05) is 44.4 Å². The minimum atomic E-state index is -4.64. The summed E-state index contributed by atoms with van der Waals surface area (Å²) in [6.45, 7) is 7.06. The number of amidine groups is 2. The number of alkyl halides is 3. The quantitative estimate of drug-likeness (QED) is 0.00555. The van der Waals surface area contributed by atoms with E-state index in [1.807, 2.05) is 249 Å². The van der Waals surface area contributed by atoms with Gasteiger partial charge in [0.2, 0.25) is 6.29 Å². The summed E-state index contributed by atoms with van der Waals surface area (Å²) in [6, 6.07) is 83.2. The summed E-state index contributed by atoms with van der Waals surface area (Å²) >= 11 is 1.46. The predicted octanol–water partition coefficient (Wildman–Crippen LogP) is 13.6. The molecule has 12 aromatic rings. The molecule has 38 heteroatoms. The number of carbonyl (C=O) groups excluding carboxylic acids is 7. The van der Waals surface area contributed by atoms with Gasteiger partial charge in [-0.2, -0.15) is 13.2 Å². The Morgan fingerprint density at radius 3 is 0.740 bits per heavy atom. The maximum atomic E-state index is 13.5. The van der Waals surface area contributed by atoms with Crippen LogP contribution in [0, 0.1) is 5.41 Å². The van der Waals surface area contributed by atoms with E-state index < -0.39 is 131 Å². The minimum Gasteiger partial charge on any atom is -0.480 e. The Morgan fingerprint density at radius 2 is 0.560 bits per heavy atom. The average Bonchev–Trinajstić information content (AvgIpc) is 0.799. The first kappa shape index (κ1) is 120. The molecule has 0 aliphatic heterocycles. The normalized spacial score (nSPS) is 11.8. The molecule has 0 unspecified atom stereocenters. The third-order valence-corrected chi connectivity index (χ3v) is 23.4. The second kappa shape index (κ2) is 64.1. The molecule has 0 saturated heterocycles. The van der Waals surface area contributed by atoms with Crippen molar-refractivity contribution < 1.29 is 76.0 Å². The van der Waals surface area contributed by atoms with Crippen molar-refractivity contribution in [3.8, 4) is 0 Å². The lowest BCUT2D eigenvalue weighted by Crippen LogP contribution is -2.44. The van der Waals surface area contributed by atoms with Gasteiger partial charge in [0.15, 0.2) is 5.96 Å². The van der Waals surface area contributed by atoms with Gasteiger partial charge in [-0.3, -0.25) is 63.5 Å². The molecule has 17 N–H and O–H groups in total. The number of hydrogen-bond acceptors (Lipinski definition) is 21. The van der Waals surface area contributed by atoms with Crippen molar-refractivity contribution in [2.75, 3.05) is 46.7 Å². The van der Waals surface area contributed by atoms with Crippen LogP contribution >= 0.6 is 11.8 Å². The van der Waals surface area contributed by atoms with Gasteiger partial charge >= 0.3 is 30.1 Å². The Labute approximate surface area is 871 Å². The summed E-state index contributed by atoms with van der Waals surface area (Å²) in [5.74, 6) is -5.20. The van der Waals surface area contributed by atoms with Gasteiger partial charge in [-0.15, -0.1) is 11.8 Å². The number of esters is 2. The van der Waals surface area contributed by atoms with Gasteiger partial charge in [0.25, 0.3) is 45.9 Å². The van der Waals surface area contributed by atoms with Crippen molar-refractivity contribution in [3.05, 3.63) is 424 Å². The molecule has 0 spiro atoms. The molecule has 0 saturated carbocycles. The number of aliphatic carboxylic acids is 2. The van der Waals surface area contributed by atoms with Crippen LogP contribution in [0.1, 0.15) is 208 Å². The molecule has 12 rings (SSSR count). The van der Waals surface area contributed by atoms with Crippen LogP contribution in [0.15, 0.2) is 350 Å². The fourth-order valence-corrected chi connectivity index (χ4v) is 15.5. The molecule has 150 heavy (non-hydrogen) atoms. The van der Waals surface area contributed by atoms with Gasteiger partial charge in [0.05, 0.1) is 55.1 Å². The number of carboxylic acids is 2. The highest BCUT2D eigenvalue weighted by molar-refractivity contribution is 8.13. The monoisotopic (exact) mass is 2070 g/mol. The first-order valence-corrected chi connectivity index (χ1v) is 49.3. The Bertz CT molecular complexity index is 6310. The van der Waals surface area contributed by atoms with E-state index in [9.17, 15) is 80.9 Å². The summed E-state index contributed by atoms with van der Waals surface area (Å²) in [7, 11) is 2.54. The second-order valence-electron chi connectivity index (χ2n) is 33.8. The Kier molecular flexibility index (Phi) is 51.2. The number of nitrogens with two attached hydrogens (primary N) is 5. The maximum Gasteiger partial charge on any atom is 0.446 e. The molecule has 0 aliphatic rings. The van der Waals surface area contributed by atoms with Crippen LogP contribution in [0.2, 0.25) is 0 Å². The summed E-state index contributed by atoms with van der Waals surface area (Å²) < 4.78 is 47.0. The Morgan fingerprint density at radius 1 is 0.360 bits per heavy atom. The third kappa shape index (κ3) is 39.4. The van der Waals surface area contributed by atoms with Crippen LogP contribution in [-0.2, 0) is 33.4 Å². The van der Waals surface area contributed by atoms with E-state index in [0.29, 0.717) is 101 Å². The zero-order valence-electron chi connectivity index (χ0n) is 84.1. The van der Waals surface area contributed by atoms with E-state index >= 15 is 0 Å².